The van der Waals surface area contributed by atoms with E-state index in [2.05, 4.69) is 10.6 Å². The largest absolute Gasteiger partial charge is 0.342 e. The van der Waals surface area contributed by atoms with Gasteiger partial charge in [0.1, 0.15) is 11.4 Å². The van der Waals surface area contributed by atoms with Crippen molar-refractivity contribution in [3.63, 3.8) is 0 Å². The van der Waals surface area contributed by atoms with Gasteiger partial charge in [-0.3, -0.25) is 14.4 Å². The highest BCUT2D eigenvalue weighted by Crippen LogP contribution is 2.27. The third kappa shape index (κ3) is 3.46. The van der Waals surface area contributed by atoms with Gasteiger partial charge in [0, 0.05) is 12.1 Å². The molecule has 2 aromatic rings. The van der Waals surface area contributed by atoms with E-state index in [1.807, 2.05) is 30.3 Å². The van der Waals surface area contributed by atoms with Crippen molar-refractivity contribution in [2.75, 3.05) is 5.32 Å². The summed E-state index contributed by atoms with van der Waals surface area (Å²) in [6.07, 6.45) is 0.282. The lowest BCUT2D eigenvalue weighted by atomic mass is 9.86. The van der Waals surface area contributed by atoms with E-state index in [0.29, 0.717) is 0 Å². The number of Topliss-reactive ketones (excluding diaryl/α,β-unsaturated/α-hetero) is 1. The lowest BCUT2D eigenvalue weighted by Gasteiger charge is -2.22. The third-order valence-electron chi connectivity index (χ3n) is 4.32. The Labute approximate surface area is 154 Å². The van der Waals surface area contributed by atoms with Crippen LogP contribution in [0.25, 0.3) is 0 Å². The highest BCUT2D eigenvalue weighted by atomic mass is 35.5. The first kappa shape index (κ1) is 18.1. The molecule has 1 heterocycles. The van der Waals surface area contributed by atoms with Gasteiger partial charge in [0.15, 0.2) is 11.7 Å². The molecule has 0 spiro atoms. The summed E-state index contributed by atoms with van der Waals surface area (Å²) >= 11 is 5.68. The lowest BCUT2D eigenvalue weighted by Crippen LogP contribution is -2.45. The number of hydrogen-bond donors (Lipinski definition) is 2. The normalized spacial score (nSPS) is 22.2. The Bertz CT molecular complexity index is 888. The topological polar surface area (TPSA) is 75.3 Å². The summed E-state index contributed by atoms with van der Waals surface area (Å²) in [6, 6.07) is 12.8. The second-order valence-electron chi connectivity index (χ2n) is 6.40. The van der Waals surface area contributed by atoms with Gasteiger partial charge >= 0.3 is 0 Å². The van der Waals surface area contributed by atoms with Crippen molar-refractivity contribution >= 4 is 34.9 Å². The van der Waals surface area contributed by atoms with Gasteiger partial charge in [-0.15, -0.1) is 0 Å². The van der Waals surface area contributed by atoms with Crippen LogP contribution in [-0.2, 0) is 20.8 Å². The number of carbonyl (C=O) groups is 3. The van der Waals surface area contributed by atoms with Crippen LogP contribution in [0.5, 0.6) is 0 Å². The van der Waals surface area contributed by atoms with Gasteiger partial charge in [-0.25, -0.2) is 4.39 Å². The quantitative estimate of drug-likeness (QED) is 0.808. The molecule has 0 radical (unpaired) electrons. The molecule has 1 fully saturated rings. The molecule has 0 aromatic heterocycles. The summed E-state index contributed by atoms with van der Waals surface area (Å²) in [5, 5.41) is 4.91. The number of ketones is 1. The maximum absolute atomic E-state index is 13.2. The molecule has 0 aliphatic carbocycles. The zero-order valence-corrected chi connectivity index (χ0v) is 14.6. The van der Waals surface area contributed by atoms with Gasteiger partial charge in [-0.1, -0.05) is 41.9 Å². The van der Waals surface area contributed by atoms with E-state index in [0.717, 1.165) is 11.6 Å². The molecule has 2 unspecified atom stereocenters. The zero-order chi connectivity index (χ0) is 18.9. The van der Waals surface area contributed by atoms with Crippen molar-refractivity contribution in [1.82, 2.24) is 5.32 Å². The predicted octanol–water partition coefficient (Wildman–Crippen LogP) is 2.73. The Hall–Kier alpha value is -2.73. The Morgan fingerprint density at radius 1 is 1.23 bits per heavy atom. The van der Waals surface area contributed by atoms with Gasteiger partial charge in [-0.05, 0) is 30.7 Å². The monoisotopic (exact) mass is 374 g/mol. The average Bonchev–Trinajstić information content (AvgIpc) is 2.80. The summed E-state index contributed by atoms with van der Waals surface area (Å²) in [6.45, 7) is 1.60. The third-order valence-corrected chi connectivity index (χ3v) is 4.61. The van der Waals surface area contributed by atoms with Crippen LogP contribution in [0.4, 0.5) is 10.1 Å². The van der Waals surface area contributed by atoms with Crippen molar-refractivity contribution in [1.29, 1.82) is 0 Å². The van der Waals surface area contributed by atoms with E-state index < -0.39 is 34.9 Å². The first-order chi connectivity index (χ1) is 12.3. The fourth-order valence-corrected chi connectivity index (χ4v) is 3.19. The molecule has 1 saturated heterocycles. The molecule has 26 heavy (non-hydrogen) atoms. The van der Waals surface area contributed by atoms with Crippen molar-refractivity contribution in [3.8, 4) is 0 Å². The zero-order valence-electron chi connectivity index (χ0n) is 13.9. The van der Waals surface area contributed by atoms with Gasteiger partial charge < -0.3 is 10.6 Å². The molecule has 0 bridgehead atoms. The van der Waals surface area contributed by atoms with E-state index >= 15 is 0 Å². The molecule has 1 aliphatic rings. The predicted molar refractivity (Wildman–Crippen MR) is 95.2 cm³/mol. The number of rotatable bonds is 4. The number of benzene rings is 2. The smallest absolute Gasteiger partial charge is 0.244 e. The number of nitrogens with one attached hydrogen (secondary N) is 2. The molecular weight excluding hydrogens is 359 g/mol. The van der Waals surface area contributed by atoms with Crippen molar-refractivity contribution in [2.24, 2.45) is 5.92 Å². The first-order valence-electron chi connectivity index (χ1n) is 7.96. The maximum atomic E-state index is 13.2. The minimum absolute atomic E-state index is 0.168. The van der Waals surface area contributed by atoms with Crippen LogP contribution < -0.4 is 10.6 Å². The van der Waals surface area contributed by atoms with Gasteiger partial charge in [0.25, 0.3) is 0 Å². The summed E-state index contributed by atoms with van der Waals surface area (Å²) in [7, 11) is 0. The van der Waals surface area contributed by atoms with Crippen LogP contribution in [0.1, 0.15) is 12.5 Å². The Morgan fingerprint density at radius 3 is 2.58 bits per heavy atom. The molecule has 134 valence electrons. The van der Waals surface area contributed by atoms with E-state index in [-0.39, 0.29) is 17.1 Å². The summed E-state index contributed by atoms with van der Waals surface area (Å²) in [5.41, 5.74) is -0.0883. The fraction of sp³-hybridized carbons (Fsp3) is 0.211. The fourth-order valence-electron chi connectivity index (χ4n) is 3.01. The van der Waals surface area contributed by atoms with Crippen LogP contribution in [0, 0.1) is 11.7 Å². The van der Waals surface area contributed by atoms with Crippen molar-refractivity contribution in [2.45, 2.75) is 18.9 Å². The summed E-state index contributed by atoms with van der Waals surface area (Å²) in [5.74, 6) is -4.02. The second kappa shape index (κ2) is 6.88. The van der Waals surface area contributed by atoms with E-state index in [9.17, 15) is 18.8 Å². The number of hydrogen-bond acceptors (Lipinski definition) is 3. The SMILES string of the molecule is CC1(Cc2ccccc2)NC(=O)C(C(=O)Nc2ccc(F)c(Cl)c2)C1=O. The standard InChI is InChI=1S/C19H16ClFN2O3/c1-19(10-11-5-3-2-4-6-11)16(24)15(18(26)23-19)17(25)22-12-7-8-14(21)13(20)9-12/h2-9,15H,10H2,1H3,(H,22,25)(H,23,26). The van der Waals surface area contributed by atoms with Crippen LogP contribution in [0.15, 0.2) is 48.5 Å². The number of anilines is 1. The van der Waals surface area contributed by atoms with E-state index in [1.165, 1.54) is 12.1 Å². The Kier molecular flexibility index (Phi) is 4.78. The number of carbonyl (C=O) groups excluding carboxylic acids is 3. The second-order valence-corrected chi connectivity index (χ2v) is 6.81. The number of amides is 2. The molecule has 0 saturated carbocycles. The molecule has 5 nitrogen and oxygen atoms in total. The van der Waals surface area contributed by atoms with Crippen molar-refractivity contribution in [3.05, 3.63) is 64.9 Å². The summed E-state index contributed by atoms with van der Waals surface area (Å²) in [4.78, 5) is 37.5. The van der Waals surface area contributed by atoms with E-state index in [1.54, 1.807) is 6.92 Å². The average molecular weight is 375 g/mol. The van der Waals surface area contributed by atoms with Crippen LogP contribution in [0.3, 0.4) is 0 Å². The lowest BCUT2D eigenvalue weighted by molar-refractivity contribution is -0.135. The minimum Gasteiger partial charge on any atom is -0.342 e. The molecule has 2 aromatic carbocycles. The van der Waals surface area contributed by atoms with Crippen molar-refractivity contribution < 1.29 is 18.8 Å². The molecule has 2 amide bonds. The van der Waals surface area contributed by atoms with Gasteiger partial charge in [0.2, 0.25) is 11.8 Å². The summed E-state index contributed by atoms with van der Waals surface area (Å²) < 4.78 is 13.2. The van der Waals surface area contributed by atoms with Crippen LogP contribution in [-0.4, -0.2) is 23.1 Å². The molecule has 7 heteroatoms. The van der Waals surface area contributed by atoms with Gasteiger partial charge in [0.05, 0.1) is 5.02 Å². The van der Waals surface area contributed by atoms with E-state index in [4.69, 9.17) is 11.6 Å². The van der Waals surface area contributed by atoms with Crippen LogP contribution in [0.2, 0.25) is 5.02 Å². The molecule has 3 rings (SSSR count). The minimum atomic E-state index is -1.47. The van der Waals surface area contributed by atoms with Gasteiger partial charge in [-0.2, -0.15) is 0 Å². The molecule has 2 N–H and O–H groups in total. The molecule has 2 atom stereocenters. The van der Waals surface area contributed by atoms with Crippen LogP contribution >= 0.6 is 11.6 Å². The highest BCUT2D eigenvalue weighted by molar-refractivity contribution is 6.31. The molecule has 1 aliphatic heterocycles. The Balaban J connectivity index is 1.77. The molecular formula is C19H16ClFN2O3. The Morgan fingerprint density at radius 2 is 1.92 bits per heavy atom. The number of halogens is 2. The highest BCUT2D eigenvalue weighted by Gasteiger charge is 2.52. The first-order valence-corrected chi connectivity index (χ1v) is 8.34. The maximum Gasteiger partial charge on any atom is 0.244 e.